The monoisotopic (exact) mass is 106 g/mol. The maximum absolute atomic E-state index is 2.19. The van der Waals surface area contributed by atoms with Crippen molar-refractivity contribution in [1.29, 1.82) is 0 Å². The quantitative estimate of drug-likeness (QED) is 0.482. The molecular weight excluding hydrogens is 94.1 g/mol. The highest BCUT2D eigenvalue weighted by molar-refractivity contribution is 7.98. The number of quaternary nitrogens is 1. The summed E-state index contributed by atoms with van der Waals surface area (Å²) in [5, 5.41) is 2.19. The van der Waals surface area contributed by atoms with Gasteiger partial charge in [-0.15, -0.1) is 0 Å². The average Bonchev–Trinajstić information content (AvgIpc) is 1.61. The van der Waals surface area contributed by atoms with Crippen molar-refractivity contribution in [3.8, 4) is 0 Å². The molecule has 0 unspecified atom stereocenters. The summed E-state index contributed by atoms with van der Waals surface area (Å²) in [5.41, 5.74) is 0. The second kappa shape index (κ2) is 5.31. The van der Waals surface area contributed by atoms with E-state index in [9.17, 15) is 0 Å². The van der Waals surface area contributed by atoms with Crippen LogP contribution in [0.2, 0.25) is 0 Å². The van der Waals surface area contributed by atoms with Gasteiger partial charge in [0.05, 0.1) is 13.6 Å². The smallest absolute Gasteiger partial charge is 0.0845 e. The fraction of sp³-hybridized carbons (Fsp3) is 1.00. The van der Waals surface area contributed by atoms with Gasteiger partial charge in [0, 0.05) is 5.75 Å². The average molecular weight is 106 g/mol. The molecule has 0 saturated carbocycles. The third kappa shape index (κ3) is 4.31. The predicted molar refractivity (Wildman–Crippen MR) is 31.1 cm³/mol. The zero-order valence-corrected chi connectivity index (χ0v) is 5.22. The van der Waals surface area contributed by atoms with Gasteiger partial charge in [0.2, 0.25) is 0 Å². The van der Waals surface area contributed by atoms with Gasteiger partial charge in [0.15, 0.2) is 0 Å². The van der Waals surface area contributed by atoms with E-state index in [4.69, 9.17) is 0 Å². The minimum absolute atomic E-state index is 1.25. The van der Waals surface area contributed by atoms with Gasteiger partial charge in [0.1, 0.15) is 0 Å². The van der Waals surface area contributed by atoms with E-state index in [1.54, 1.807) is 0 Å². The Hall–Kier alpha value is 0.310. The number of hydrogen-bond acceptors (Lipinski definition) is 1. The summed E-state index contributed by atoms with van der Waals surface area (Å²) in [6.45, 7) is 1.25. The van der Waals surface area contributed by atoms with Crippen LogP contribution in [-0.4, -0.2) is 25.6 Å². The van der Waals surface area contributed by atoms with Crippen LogP contribution in [0.25, 0.3) is 0 Å². The van der Waals surface area contributed by atoms with Crippen LogP contribution in [0, 0.1) is 0 Å². The highest BCUT2D eigenvalue weighted by atomic mass is 32.2. The van der Waals surface area contributed by atoms with Crippen LogP contribution in [0.1, 0.15) is 0 Å². The molecule has 0 aromatic heterocycles. The zero-order valence-electron chi connectivity index (χ0n) is 4.40. The van der Waals surface area contributed by atoms with Crippen LogP contribution in [0.3, 0.4) is 0 Å². The molecule has 0 aliphatic heterocycles. The maximum atomic E-state index is 2.19. The summed E-state index contributed by atoms with van der Waals surface area (Å²) in [4.78, 5) is 0. The molecule has 0 aliphatic carbocycles. The summed E-state index contributed by atoms with van der Waals surface area (Å²) in [6.07, 6.45) is 2.13. The van der Waals surface area contributed by atoms with Gasteiger partial charge in [-0.2, -0.15) is 11.8 Å². The van der Waals surface area contributed by atoms with Crippen molar-refractivity contribution in [2.75, 3.05) is 25.6 Å². The van der Waals surface area contributed by atoms with Crippen LogP contribution in [0.15, 0.2) is 0 Å². The molecule has 0 radical (unpaired) electrons. The lowest BCUT2D eigenvalue weighted by molar-refractivity contribution is -0.622. The summed E-state index contributed by atoms with van der Waals surface area (Å²) in [6, 6.07) is 0. The SMILES string of the molecule is C[NH2+]CCSC. The topological polar surface area (TPSA) is 16.6 Å². The third-order valence-corrected chi connectivity index (χ3v) is 1.25. The largest absolute Gasteiger partial charge is 0.348 e. The molecule has 1 nitrogen and oxygen atoms in total. The molecule has 0 rings (SSSR count). The molecule has 0 aromatic rings. The molecule has 2 N–H and O–H groups in total. The van der Waals surface area contributed by atoms with E-state index in [-0.39, 0.29) is 0 Å². The van der Waals surface area contributed by atoms with E-state index >= 15 is 0 Å². The molecule has 0 aromatic carbocycles. The Bertz CT molecular complexity index is 19.5. The molecule has 0 aliphatic rings. The first-order chi connectivity index (χ1) is 2.91. The van der Waals surface area contributed by atoms with Crippen LogP contribution < -0.4 is 5.32 Å². The van der Waals surface area contributed by atoms with Crippen LogP contribution in [-0.2, 0) is 0 Å². The van der Waals surface area contributed by atoms with Crippen LogP contribution in [0.4, 0.5) is 0 Å². The van der Waals surface area contributed by atoms with Crippen molar-refractivity contribution in [1.82, 2.24) is 0 Å². The molecule has 0 atom stereocenters. The molecule has 0 saturated heterocycles. The van der Waals surface area contributed by atoms with Crippen molar-refractivity contribution in [2.24, 2.45) is 0 Å². The first-order valence-corrected chi connectivity index (χ1v) is 3.58. The van der Waals surface area contributed by atoms with E-state index in [2.05, 4.69) is 18.6 Å². The Morgan fingerprint density at radius 3 is 2.50 bits per heavy atom. The molecule has 6 heavy (non-hydrogen) atoms. The normalized spacial score (nSPS) is 9.00. The van der Waals surface area contributed by atoms with E-state index in [1.165, 1.54) is 12.3 Å². The lowest BCUT2D eigenvalue weighted by atomic mass is 10.8. The fourth-order valence-electron chi connectivity index (χ4n) is 0.236. The lowest BCUT2D eigenvalue weighted by Crippen LogP contribution is -2.80. The van der Waals surface area contributed by atoms with Gasteiger partial charge in [-0.3, -0.25) is 0 Å². The van der Waals surface area contributed by atoms with E-state index < -0.39 is 0 Å². The van der Waals surface area contributed by atoms with Gasteiger partial charge in [-0.1, -0.05) is 0 Å². The standard InChI is InChI=1S/C4H11NS/c1-5-3-4-6-2/h5H,3-4H2,1-2H3/p+1. The number of rotatable bonds is 3. The van der Waals surface area contributed by atoms with E-state index in [0.717, 1.165) is 0 Å². The molecule has 0 fully saturated rings. The van der Waals surface area contributed by atoms with Gasteiger partial charge in [-0.05, 0) is 6.26 Å². The summed E-state index contributed by atoms with van der Waals surface area (Å²) < 4.78 is 0. The number of hydrogen-bond donors (Lipinski definition) is 1. The van der Waals surface area contributed by atoms with Gasteiger partial charge in [-0.25, -0.2) is 0 Å². The van der Waals surface area contributed by atoms with Gasteiger partial charge < -0.3 is 5.32 Å². The molecule has 0 bridgehead atoms. The summed E-state index contributed by atoms with van der Waals surface area (Å²) in [5.74, 6) is 1.27. The minimum Gasteiger partial charge on any atom is -0.348 e. The van der Waals surface area contributed by atoms with Crippen molar-refractivity contribution in [3.63, 3.8) is 0 Å². The van der Waals surface area contributed by atoms with Gasteiger partial charge in [0.25, 0.3) is 0 Å². The van der Waals surface area contributed by atoms with E-state index in [0.29, 0.717) is 0 Å². The Morgan fingerprint density at radius 1 is 1.67 bits per heavy atom. The van der Waals surface area contributed by atoms with Gasteiger partial charge >= 0.3 is 0 Å². The summed E-state index contributed by atoms with van der Waals surface area (Å²) in [7, 11) is 2.09. The van der Waals surface area contributed by atoms with Crippen molar-refractivity contribution < 1.29 is 5.32 Å². The third-order valence-electron chi connectivity index (χ3n) is 0.611. The Balaban J connectivity index is 2.34. The Kier molecular flexibility index (Phi) is 5.58. The van der Waals surface area contributed by atoms with Crippen LogP contribution in [0.5, 0.6) is 0 Å². The summed E-state index contributed by atoms with van der Waals surface area (Å²) >= 11 is 1.89. The zero-order chi connectivity index (χ0) is 4.83. The molecule has 0 spiro atoms. The highest BCUT2D eigenvalue weighted by Crippen LogP contribution is 1.83. The highest BCUT2D eigenvalue weighted by Gasteiger charge is 1.76. The first-order valence-electron chi connectivity index (χ1n) is 2.18. The maximum Gasteiger partial charge on any atom is 0.0845 e. The number of nitrogens with two attached hydrogens (primary N) is 1. The molecule has 2 heteroatoms. The van der Waals surface area contributed by atoms with Crippen molar-refractivity contribution in [2.45, 2.75) is 0 Å². The second-order valence-corrected chi connectivity index (χ2v) is 2.18. The van der Waals surface area contributed by atoms with Crippen molar-refractivity contribution in [3.05, 3.63) is 0 Å². The van der Waals surface area contributed by atoms with Crippen LogP contribution >= 0.6 is 11.8 Å². The molecule has 0 amide bonds. The Morgan fingerprint density at radius 2 is 2.33 bits per heavy atom. The predicted octanol–water partition coefficient (Wildman–Crippen LogP) is -0.457. The Labute approximate surface area is 43.5 Å². The molecule has 38 valence electrons. The first kappa shape index (κ1) is 6.31. The minimum atomic E-state index is 1.25. The fourth-order valence-corrected chi connectivity index (χ4v) is 0.707. The van der Waals surface area contributed by atoms with Crippen molar-refractivity contribution >= 4 is 11.8 Å². The molecule has 0 heterocycles. The molecular formula is C4H12NS+. The number of thioether (sulfide) groups is 1. The van der Waals surface area contributed by atoms with E-state index in [1.807, 2.05) is 11.8 Å². The second-order valence-electron chi connectivity index (χ2n) is 1.19. The lowest BCUT2D eigenvalue weighted by Gasteiger charge is -1.87.